The number of amides is 2. The highest BCUT2D eigenvalue weighted by Crippen LogP contribution is 2.21. The van der Waals surface area contributed by atoms with Crippen LogP contribution in [0, 0.1) is 19.7 Å². The van der Waals surface area contributed by atoms with E-state index in [0.717, 1.165) is 11.1 Å². The molecule has 5 nitrogen and oxygen atoms in total. The maximum absolute atomic E-state index is 14.2. The first-order valence-electron chi connectivity index (χ1n) is 9.73. The van der Waals surface area contributed by atoms with Crippen LogP contribution in [0.15, 0.2) is 42.5 Å². The van der Waals surface area contributed by atoms with E-state index in [0.29, 0.717) is 11.3 Å². The van der Waals surface area contributed by atoms with Crippen LogP contribution in [0.5, 0.6) is 5.75 Å². The van der Waals surface area contributed by atoms with Crippen molar-refractivity contribution in [3.8, 4) is 5.75 Å². The summed E-state index contributed by atoms with van der Waals surface area (Å²) in [6.07, 6.45) is 0. The van der Waals surface area contributed by atoms with E-state index in [1.165, 1.54) is 11.0 Å². The van der Waals surface area contributed by atoms with Crippen LogP contribution in [0.2, 0.25) is 0 Å². The number of hydrogen-bond acceptors (Lipinski definition) is 3. The first-order chi connectivity index (χ1) is 13.7. The summed E-state index contributed by atoms with van der Waals surface area (Å²) in [5.41, 5.74) is 2.35. The Balaban J connectivity index is 2.20. The molecular weight excluding hydrogens is 371 g/mol. The van der Waals surface area contributed by atoms with Crippen molar-refractivity contribution in [1.82, 2.24) is 10.2 Å². The molecule has 1 atom stereocenters. The lowest BCUT2D eigenvalue weighted by atomic mass is 10.1. The number of rotatable bonds is 8. The highest BCUT2D eigenvalue weighted by atomic mass is 19.1. The first kappa shape index (κ1) is 22.4. The van der Waals surface area contributed by atoms with Crippen LogP contribution in [0.1, 0.15) is 37.5 Å². The Morgan fingerprint density at radius 2 is 1.76 bits per heavy atom. The molecule has 0 spiro atoms. The van der Waals surface area contributed by atoms with Crippen molar-refractivity contribution < 1.29 is 18.7 Å². The molecule has 6 heteroatoms. The quantitative estimate of drug-likeness (QED) is 0.734. The van der Waals surface area contributed by atoms with Crippen LogP contribution < -0.4 is 10.1 Å². The third-order valence-electron chi connectivity index (χ3n) is 4.80. The van der Waals surface area contributed by atoms with Gasteiger partial charge in [-0.05, 0) is 57.9 Å². The van der Waals surface area contributed by atoms with Gasteiger partial charge in [0.15, 0.2) is 6.61 Å². The molecule has 0 saturated heterocycles. The molecule has 0 aromatic heterocycles. The van der Waals surface area contributed by atoms with Gasteiger partial charge in [0.25, 0.3) is 5.91 Å². The predicted molar refractivity (Wildman–Crippen MR) is 111 cm³/mol. The summed E-state index contributed by atoms with van der Waals surface area (Å²) < 4.78 is 19.9. The molecule has 2 aromatic rings. The topological polar surface area (TPSA) is 58.6 Å². The van der Waals surface area contributed by atoms with Gasteiger partial charge in [-0.15, -0.1) is 0 Å². The number of halogens is 1. The van der Waals surface area contributed by atoms with Crippen molar-refractivity contribution >= 4 is 11.8 Å². The maximum Gasteiger partial charge on any atom is 0.261 e. The molecule has 0 aliphatic heterocycles. The van der Waals surface area contributed by atoms with Crippen LogP contribution in [-0.2, 0) is 16.1 Å². The van der Waals surface area contributed by atoms with E-state index in [9.17, 15) is 14.0 Å². The molecule has 0 aliphatic rings. The largest absolute Gasteiger partial charge is 0.483 e. The van der Waals surface area contributed by atoms with Gasteiger partial charge in [-0.2, -0.15) is 0 Å². The zero-order valence-corrected chi connectivity index (χ0v) is 17.7. The van der Waals surface area contributed by atoms with Gasteiger partial charge < -0.3 is 15.0 Å². The smallest absolute Gasteiger partial charge is 0.261 e. The summed E-state index contributed by atoms with van der Waals surface area (Å²) in [6, 6.07) is 11.0. The summed E-state index contributed by atoms with van der Waals surface area (Å²) >= 11 is 0. The maximum atomic E-state index is 14.2. The van der Waals surface area contributed by atoms with Gasteiger partial charge in [0, 0.05) is 18.2 Å². The molecule has 0 heterocycles. The SMILES string of the molecule is Cc1cccc(OCC(=O)N(Cc2ccccc2F)C(C)C(=O)NC(C)C)c1C. The third kappa shape index (κ3) is 6.04. The number of benzene rings is 2. The average molecular weight is 400 g/mol. The molecule has 2 aromatic carbocycles. The van der Waals surface area contributed by atoms with Gasteiger partial charge in [0.1, 0.15) is 17.6 Å². The Morgan fingerprint density at radius 1 is 1.07 bits per heavy atom. The van der Waals surface area contributed by atoms with E-state index < -0.39 is 11.9 Å². The molecule has 2 rings (SSSR count). The first-order valence-corrected chi connectivity index (χ1v) is 9.73. The van der Waals surface area contributed by atoms with Crippen LogP contribution in [0.4, 0.5) is 4.39 Å². The lowest BCUT2D eigenvalue weighted by Gasteiger charge is -2.29. The number of nitrogens with zero attached hydrogens (tertiary/aromatic N) is 1. The Labute approximate surface area is 171 Å². The van der Waals surface area contributed by atoms with Crippen LogP contribution in [0.3, 0.4) is 0 Å². The van der Waals surface area contributed by atoms with Gasteiger partial charge >= 0.3 is 0 Å². The van der Waals surface area contributed by atoms with Crippen LogP contribution >= 0.6 is 0 Å². The predicted octanol–water partition coefficient (Wildman–Crippen LogP) is 3.76. The highest BCUT2D eigenvalue weighted by Gasteiger charge is 2.27. The summed E-state index contributed by atoms with van der Waals surface area (Å²) in [6.45, 7) is 8.95. The fourth-order valence-corrected chi connectivity index (χ4v) is 2.90. The van der Waals surface area contributed by atoms with Crippen LogP contribution in [-0.4, -0.2) is 35.4 Å². The molecule has 0 radical (unpaired) electrons. The summed E-state index contributed by atoms with van der Waals surface area (Å²) in [7, 11) is 0. The Bertz CT molecular complexity index is 867. The van der Waals surface area contributed by atoms with E-state index in [1.807, 2.05) is 39.8 Å². The van der Waals surface area contributed by atoms with E-state index in [2.05, 4.69) is 5.32 Å². The minimum atomic E-state index is -0.772. The molecule has 0 fully saturated rings. The second kappa shape index (κ2) is 10.0. The van der Waals surface area contributed by atoms with Crippen molar-refractivity contribution in [1.29, 1.82) is 0 Å². The van der Waals surface area contributed by atoms with Gasteiger partial charge in [0.2, 0.25) is 5.91 Å². The average Bonchev–Trinajstić information content (AvgIpc) is 2.67. The van der Waals surface area contributed by atoms with Crippen molar-refractivity contribution in [3.05, 3.63) is 65.0 Å². The molecule has 0 saturated carbocycles. The molecule has 29 heavy (non-hydrogen) atoms. The summed E-state index contributed by atoms with van der Waals surface area (Å²) in [5, 5.41) is 2.80. The normalized spacial score (nSPS) is 11.8. The Kier molecular flexibility index (Phi) is 7.76. The van der Waals surface area contributed by atoms with E-state index in [-0.39, 0.29) is 31.0 Å². The molecule has 0 bridgehead atoms. The number of nitrogens with one attached hydrogen (secondary N) is 1. The molecule has 0 aliphatic carbocycles. The number of carbonyl (C=O) groups is 2. The number of aryl methyl sites for hydroxylation is 1. The van der Waals surface area contributed by atoms with Gasteiger partial charge in [-0.1, -0.05) is 30.3 Å². The Hall–Kier alpha value is -2.89. The number of ether oxygens (including phenoxy) is 1. The number of hydrogen-bond donors (Lipinski definition) is 1. The Morgan fingerprint density at radius 3 is 2.41 bits per heavy atom. The van der Waals surface area contributed by atoms with Crippen molar-refractivity contribution in [2.24, 2.45) is 0 Å². The molecule has 1 unspecified atom stereocenters. The zero-order chi connectivity index (χ0) is 21.6. The monoisotopic (exact) mass is 400 g/mol. The third-order valence-corrected chi connectivity index (χ3v) is 4.80. The highest BCUT2D eigenvalue weighted by molar-refractivity contribution is 5.88. The fraction of sp³-hybridized carbons (Fsp3) is 0.391. The second-order valence-electron chi connectivity index (χ2n) is 7.44. The van der Waals surface area contributed by atoms with Gasteiger partial charge in [-0.25, -0.2) is 4.39 Å². The number of carbonyl (C=O) groups excluding carboxylic acids is 2. The molecular formula is C23H29FN2O3. The summed E-state index contributed by atoms with van der Waals surface area (Å²) in [5.74, 6) is -0.488. The fourth-order valence-electron chi connectivity index (χ4n) is 2.90. The van der Waals surface area contributed by atoms with Crippen molar-refractivity contribution in [2.45, 2.75) is 53.2 Å². The standard InChI is InChI=1S/C23H29FN2O3/c1-15(2)25-23(28)18(5)26(13-19-10-6-7-11-20(19)24)22(27)14-29-21-12-8-9-16(3)17(21)4/h6-12,15,18H,13-14H2,1-5H3,(H,25,28). The molecule has 156 valence electrons. The molecule has 2 amide bonds. The van der Waals surface area contributed by atoms with Gasteiger partial charge in [-0.3, -0.25) is 9.59 Å². The zero-order valence-electron chi connectivity index (χ0n) is 17.7. The van der Waals surface area contributed by atoms with Crippen LogP contribution in [0.25, 0.3) is 0 Å². The minimum Gasteiger partial charge on any atom is -0.483 e. The van der Waals surface area contributed by atoms with Crippen molar-refractivity contribution in [3.63, 3.8) is 0 Å². The minimum absolute atomic E-state index is 0.0195. The lowest BCUT2D eigenvalue weighted by molar-refractivity contribution is -0.142. The second-order valence-corrected chi connectivity index (χ2v) is 7.44. The van der Waals surface area contributed by atoms with E-state index in [1.54, 1.807) is 31.2 Å². The summed E-state index contributed by atoms with van der Waals surface area (Å²) in [4.78, 5) is 26.8. The van der Waals surface area contributed by atoms with Gasteiger partial charge in [0.05, 0.1) is 0 Å². The van der Waals surface area contributed by atoms with Crippen molar-refractivity contribution in [2.75, 3.05) is 6.61 Å². The molecule has 1 N–H and O–H groups in total. The lowest BCUT2D eigenvalue weighted by Crippen LogP contribution is -2.50. The van der Waals surface area contributed by atoms with E-state index >= 15 is 0 Å². The van der Waals surface area contributed by atoms with E-state index in [4.69, 9.17) is 4.74 Å².